The van der Waals surface area contributed by atoms with Crippen LogP contribution in [0.4, 0.5) is 28.9 Å². The Bertz CT molecular complexity index is 665. The molecule has 110 valence electrons. The first kappa shape index (κ1) is 15.7. The fourth-order valence-corrected chi connectivity index (χ4v) is 2.08. The van der Waals surface area contributed by atoms with E-state index in [0.717, 1.165) is 0 Å². The van der Waals surface area contributed by atoms with Crippen LogP contribution in [0.1, 0.15) is 0 Å². The number of rotatable bonds is 2. The van der Waals surface area contributed by atoms with Crippen molar-refractivity contribution in [2.45, 2.75) is 0 Å². The quantitative estimate of drug-likeness (QED) is 0.339. The van der Waals surface area contributed by atoms with Gasteiger partial charge in [0, 0.05) is 5.69 Å². The number of halogens is 5. The van der Waals surface area contributed by atoms with Crippen molar-refractivity contribution < 1.29 is 17.6 Å². The number of anilines is 2. The summed E-state index contributed by atoms with van der Waals surface area (Å²) in [6, 6.07) is 8.50. The molecule has 0 spiro atoms. The number of nitrogens with one attached hydrogen (secondary N) is 2. The normalized spacial score (nSPS) is 10.3. The summed E-state index contributed by atoms with van der Waals surface area (Å²) in [6.07, 6.45) is 0. The Morgan fingerprint density at radius 1 is 0.857 bits per heavy atom. The van der Waals surface area contributed by atoms with E-state index >= 15 is 0 Å². The van der Waals surface area contributed by atoms with Crippen molar-refractivity contribution in [3.05, 3.63) is 58.1 Å². The summed E-state index contributed by atoms with van der Waals surface area (Å²) in [5.41, 5.74) is -0.449. The second-order valence-electron chi connectivity index (χ2n) is 3.89. The minimum absolute atomic E-state index is 0.208. The van der Waals surface area contributed by atoms with E-state index in [1.54, 1.807) is 30.3 Å². The van der Waals surface area contributed by atoms with E-state index in [0.29, 0.717) is 5.69 Å². The maximum absolute atomic E-state index is 13.6. The molecule has 2 rings (SSSR count). The maximum Gasteiger partial charge on any atom is 0.186 e. The molecule has 0 radical (unpaired) electrons. The van der Waals surface area contributed by atoms with Gasteiger partial charge in [-0.25, -0.2) is 17.6 Å². The summed E-state index contributed by atoms with van der Waals surface area (Å²) in [6.45, 7) is 0. The van der Waals surface area contributed by atoms with Gasteiger partial charge >= 0.3 is 0 Å². The van der Waals surface area contributed by atoms with Crippen LogP contribution in [-0.2, 0) is 0 Å². The average Bonchev–Trinajstić information content (AvgIpc) is 2.48. The predicted octanol–water partition coefficient (Wildman–Crippen LogP) is 4.81. The molecule has 0 fully saturated rings. The van der Waals surface area contributed by atoms with Gasteiger partial charge in [0.15, 0.2) is 28.4 Å². The van der Waals surface area contributed by atoms with Crippen LogP contribution < -0.4 is 10.6 Å². The van der Waals surface area contributed by atoms with Gasteiger partial charge in [-0.1, -0.05) is 18.2 Å². The first-order chi connectivity index (χ1) is 9.91. The summed E-state index contributed by atoms with van der Waals surface area (Å²) in [7, 11) is 0. The molecule has 2 N–H and O–H groups in total. The summed E-state index contributed by atoms with van der Waals surface area (Å²) < 4.78 is 53.1. The van der Waals surface area contributed by atoms with Gasteiger partial charge in [0.05, 0.1) is 4.47 Å². The maximum atomic E-state index is 13.6. The van der Waals surface area contributed by atoms with Crippen LogP contribution in [0.5, 0.6) is 0 Å². The van der Waals surface area contributed by atoms with E-state index in [9.17, 15) is 17.6 Å². The molecule has 2 nitrogen and oxygen atoms in total. The molecular weight excluding hydrogens is 372 g/mol. The molecule has 0 bridgehead atoms. The average molecular weight is 379 g/mol. The number of para-hydroxylation sites is 1. The summed E-state index contributed by atoms with van der Waals surface area (Å²) in [5, 5.41) is 4.53. The first-order valence-electron chi connectivity index (χ1n) is 5.56. The van der Waals surface area contributed by atoms with Crippen LogP contribution >= 0.6 is 28.1 Å². The zero-order valence-corrected chi connectivity index (χ0v) is 12.6. The van der Waals surface area contributed by atoms with Gasteiger partial charge in [0.1, 0.15) is 5.69 Å². The van der Waals surface area contributed by atoms with Gasteiger partial charge in [-0.05, 0) is 40.3 Å². The van der Waals surface area contributed by atoms with Crippen LogP contribution in [0.2, 0.25) is 0 Å². The van der Waals surface area contributed by atoms with E-state index in [4.69, 9.17) is 12.2 Å². The second kappa shape index (κ2) is 6.40. The third-order valence-electron chi connectivity index (χ3n) is 2.48. The molecule has 2 aromatic carbocycles. The Labute approximate surface area is 131 Å². The van der Waals surface area contributed by atoms with E-state index in [-0.39, 0.29) is 5.11 Å². The lowest BCUT2D eigenvalue weighted by Crippen LogP contribution is -2.21. The van der Waals surface area contributed by atoms with Crippen LogP contribution in [0.15, 0.2) is 34.8 Å². The van der Waals surface area contributed by atoms with Gasteiger partial charge < -0.3 is 10.6 Å². The lowest BCUT2D eigenvalue weighted by molar-refractivity contribution is 0.452. The highest BCUT2D eigenvalue weighted by Crippen LogP contribution is 2.31. The molecule has 0 aliphatic heterocycles. The van der Waals surface area contributed by atoms with Crippen molar-refractivity contribution in [1.29, 1.82) is 0 Å². The molecule has 0 saturated heterocycles. The lowest BCUT2D eigenvalue weighted by atomic mass is 10.2. The van der Waals surface area contributed by atoms with Gasteiger partial charge in [0.25, 0.3) is 0 Å². The smallest absolute Gasteiger partial charge is 0.186 e. The van der Waals surface area contributed by atoms with Crippen LogP contribution in [0, 0.1) is 23.3 Å². The van der Waals surface area contributed by atoms with Crippen LogP contribution in [-0.4, -0.2) is 5.11 Å². The number of hydrogen-bond acceptors (Lipinski definition) is 1. The van der Waals surface area contributed by atoms with Gasteiger partial charge in [-0.15, -0.1) is 0 Å². The molecule has 0 aromatic heterocycles. The molecule has 0 aliphatic carbocycles. The molecule has 0 unspecified atom stereocenters. The van der Waals surface area contributed by atoms with E-state index in [2.05, 4.69) is 26.6 Å². The van der Waals surface area contributed by atoms with Crippen LogP contribution in [0.25, 0.3) is 0 Å². The molecule has 0 atom stereocenters. The Hall–Kier alpha value is -1.67. The standard InChI is InChI=1S/C13H7BrF4N2S/c14-7-8(15)10(17)12(11(18)9(7)16)20-13(21)19-6-4-2-1-3-5-6/h1-5H,(H2,19,20,21). The SMILES string of the molecule is Fc1c(F)c(NC(=S)Nc2ccccc2)c(F)c(F)c1Br. The summed E-state index contributed by atoms with van der Waals surface area (Å²) >= 11 is 7.27. The highest BCUT2D eigenvalue weighted by molar-refractivity contribution is 9.10. The van der Waals surface area contributed by atoms with E-state index in [1.165, 1.54) is 0 Å². The minimum atomic E-state index is -1.57. The van der Waals surface area contributed by atoms with Gasteiger partial charge in [-0.3, -0.25) is 0 Å². The highest BCUT2D eigenvalue weighted by Gasteiger charge is 2.24. The van der Waals surface area contributed by atoms with Gasteiger partial charge in [-0.2, -0.15) is 0 Å². The lowest BCUT2D eigenvalue weighted by Gasteiger charge is -2.13. The molecule has 0 heterocycles. The van der Waals surface area contributed by atoms with E-state index in [1.807, 2.05) is 0 Å². The number of benzene rings is 2. The zero-order chi connectivity index (χ0) is 15.6. The largest absolute Gasteiger partial charge is 0.332 e. The molecule has 8 heteroatoms. The molecule has 21 heavy (non-hydrogen) atoms. The Morgan fingerprint density at radius 3 is 1.90 bits per heavy atom. The first-order valence-corrected chi connectivity index (χ1v) is 6.76. The summed E-state index contributed by atoms with van der Waals surface area (Å²) in [4.78, 5) is 0. The third-order valence-corrected chi connectivity index (χ3v) is 3.38. The van der Waals surface area contributed by atoms with Crippen molar-refractivity contribution in [3.8, 4) is 0 Å². The van der Waals surface area contributed by atoms with Crippen molar-refractivity contribution in [1.82, 2.24) is 0 Å². The second-order valence-corrected chi connectivity index (χ2v) is 5.09. The predicted molar refractivity (Wildman–Crippen MR) is 80.3 cm³/mol. The van der Waals surface area contributed by atoms with Gasteiger partial charge in [0.2, 0.25) is 0 Å². The van der Waals surface area contributed by atoms with E-state index < -0.39 is 33.4 Å². The van der Waals surface area contributed by atoms with Crippen LogP contribution in [0.3, 0.4) is 0 Å². The Balaban J connectivity index is 2.26. The number of hydrogen-bond donors (Lipinski definition) is 2. The zero-order valence-electron chi connectivity index (χ0n) is 10.2. The van der Waals surface area contributed by atoms with Crippen molar-refractivity contribution in [2.75, 3.05) is 10.6 Å². The topological polar surface area (TPSA) is 24.1 Å². The number of thiocarbonyl (C=S) groups is 1. The fourth-order valence-electron chi connectivity index (χ4n) is 1.51. The Morgan fingerprint density at radius 2 is 1.38 bits per heavy atom. The molecular formula is C13H7BrF4N2S. The monoisotopic (exact) mass is 378 g/mol. The van der Waals surface area contributed by atoms with Crippen molar-refractivity contribution in [2.24, 2.45) is 0 Å². The fraction of sp³-hybridized carbons (Fsp3) is 0. The van der Waals surface area contributed by atoms with Crippen molar-refractivity contribution in [3.63, 3.8) is 0 Å². The molecule has 0 amide bonds. The highest BCUT2D eigenvalue weighted by atomic mass is 79.9. The molecule has 0 saturated carbocycles. The minimum Gasteiger partial charge on any atom is -0.332 e. The van der Waals surface area contributed by atoms with Crippen molar-refractivity contribution >= 4 is 44.6 Å². The summed E-state index contributed by atoms with van der Waals surface area (Å²) in [5.74, 6) is -6.23. The third kappa shape index (κ3) is 3.33. The molecule has 2 aromatic rings. The molecule has 0 aliphatic rings. The Kier molecular flexibility index (Phi) is 4.79.